The Hall–Kier alpha value is -0.690. The summed E-state index contributed by atoms with van der Waals surface area (Å²) in [5.74, 6) is 0.595. The number of para-hydroxylation sites is 1. The maximum absolute atomic E-state index is 9.57. The fourth-order valence-corrected chi connectivity index (χ4v) is 1.33. The molecule has 0 bridgehead atoms. The van der Waals surface area contributed by atoms with Crippen molar-refractivity contribution in [3.63, 3.8) is 0 Å². The lowest BCUT2D eigenvalue weighted by atomic mass is 9.98. The molecule has 0 aromatic heterocycles. The molecule has 1 unspecified atom stereocenters. The van der Waals surface area contributed by atoms with Gasteiger partial charge < -0.3 is 5.11 Å². The van der Waals surface area contributed by atoms with Crippen LogP contribution in [0.2, 0.25) is 5.02 Å². The molecule has 2 heteroatoms. The van der Waals surface area contributed by atoms with Crippen molar-refractivity contribution in [1.29, 1.82) is 0 Å². The zero-order chi connectivity index (χ0) is 9.14. The molecule has 66 valence electrons. The van der Waals surface area contributed by atoms with E-state index in [1.165, 1.54) is 0 Å². The highest BCUT2D eigenvalue weighted by atomic mass is 35.5. The van der Waals surface area contributed by atoms with Gasteiger partial charge in [0.1, 0.15) is 5.75 Å². The van der Waals surface area contributed by atoms with Crippen molar-refractivity contribution in [3.8, 4) is 5.75 Å². The van der Waals surface area contributed by atoms with Crippen LogP contribution in [-0.4, -0.2) is 5.11 Å². The standard InChI is InChI=1S/C10H13ClO/c1-3-7(2)8-5-4-6-9(11)10(8)12/h4-7,12H,3H2,1-2H3. The zero-order valence-corrected chi connectivity index (χ0v) is 8.10. The van der Waals surface area contributed by atoms with Gasteiger partial charge in [0, 0.05) is 0 Å². The summed E-state index contributed by atoms with van der Waals surface area (Å²) in [7, 11) is 0. The molecule has 0 heterocycles. The van der Waals surface area contributed by atoms with E-state index in [0.717, 1.165) is 12.0 Å². The van der Waals surface area contributed by atoms with Gasteiger partial charge in [0.2, 0.25) is 0 Å². The lowest BCUT2D eigenvalue weighted by molar-refractivity contribution is 0.462. The van der Waals surface area contributed by atoms with Gasteiger partial charge in [0.25, 0.3) is 0 Å². The van der Waals surface area contributed by atoms with E-state index < -0.39 is 0 Å². The zero-order valence-electron chi connectivity index (χ0n) is 7.34. The van der Waals surface area contributed by atoms with E-state index in [9.17, 15) is 5.11 Å². The summed E-state index contributed by atoms with van der Waals surface area (Å²) in [6, 6.07) is 5.47. The SMILES string of the molecule is CCC(C)c1cccc(Cl)c1O. The second kappa shape index (κ2) is 3.81. The molecular formula is C10H13ClO. The first-order chi connectivity index (χ1) is 5.66. The third-order valence-corrected chi connectivity index (χ3v) is 2.47. The predicted octanol–water partition coefficient (Wildman–Crippen LogP) is 3.56. The van der Waals surface area contributed by atoms with Crippen molar-refractivity contribution in [2.75, 3.05) is 0 Å². The quantitative estimate of drug-likeness (QED) is 0.745. The average Bonchev–Trinajstić information content (AvgIpc) is 2.08. The van der Waals surface area contributed by atoms with Crippen LogP contribution < -0.4 is 0 Å². The van der Waals surface area contributed by atoms with Crippen LogP contribution in [0, 0.1) is 0 Å². The Morgan fingerprint density at radius 3 is 2.75 bits per heavy atom. The maximum atomic E-state index is 9.57. The molecule has 0 aliphatic carbocycles. The Balaban J connectivity index is 3.07. The number of phenols is 1. The second-order valence-electron chi connectivity index (χ2n) is 2.99. The van der Waals surface area contributed by atoms with E-state index in [2.05, 4.69) is 13.8 Å². The molecule has 12 heavy (non-hydrogen) atoms. The summed E-state index contributed by atoms with van der Waals surface area (Å²) >= 11 is 5.76. The van der Waals surface area contributed by atoms with E-state index in [1.807, 2.05) is 12.1 Å². The average molecular weight is 185 g/mol. The van der Waals surface area contributed by atoms with Crippen molar-refractivity contribution in [3.05, 3.63) is 28.8 Å². The molecule has 1 N–H and O–H groups in total. The molecule has 1 aromatic carbocycles. The van der Waals surface area contributed by atoms with Crippen LogP contribution in [0.25, 0.3) is 0 Å². The van der Waals surface area contributed by atoms with Gasteiger partial charge in [-0.3, -0.25) is 0 Å². The minimum Gasteiger partial charge on any atom is -0.506 e. The van der Waals surface area contributed by atoms with Gasteiger partial charge in [-0.25, -0.2) is 0 Å². The molecule has 0 saturated heterocycles. The highest BCUT2D eigenvalue weighted by Gasteiger charge is 2.09. The van der Waals surface area contributed by atoms with E-state index >= 15 is 0 Å². The van der Waals surface area contributed by atoms with Gasteiger partial charge in [0.05, 0.1) is 5.02 Å². The summed E-state index contributed by atoms with van der Waals surface area (Å²) in [4.78, 5) is 0. The topological polar surface area (TPSA) is 20.2 Å². The minimum absolute atomic E-state index is 0.230. The first-order valence-electron chi connectivity index (χ1n) is 4.14. The summed E-state index contributed by atoms with van der Waals surface area (Å²) in [5, 5.41) is 10.0. The Labute approximate surface area is 78.0 Å². The van der Waals surface area contributed by atoms with Crippen LogP contribution in [0.3, 0.4) is 0 Å². The molecule has 0 radical (unpaired) electrons. The van der Waals surface area contributed by atoms with Gasteiger partial charge in [-0.15, -0.1) is 0 Å². The van der Waals surface area contributed by atoms with Gasteiger partial charge in [-0.2, -0.15) is 0 Å². The molecule has 0 amide bonds. The Bertz CT molecular complexity index is 271. The lowest BCUT2D eigenvalue weighted by Gasteiger charge is -2.11. The molecule has 1 nitrogen and oxygen atoms in total. The highest BCUT2D eigenvalue weighted by molar-refractivity contribution is 6.32. The normalized spacial score (nSPS) is 12.9. The second-order valence-corrected chi connectivity index (χ2v) is 3.39. The molecular weight excluding hydrogens is 172 g/mol. The van der Waals surface area contributed by atoms with Crippen LogP contribution in [-0.2, 0) is 0 Å². The maximum Gasteiger partial charge on any atom is 0.137 e. The van der Waals surface area contributed by atoms with Crippen LogP contribution in [0.5, 0.6) is 5.75 Å². The van der Waals surface area contributed by atoms with Gasteiger partial charge in [-0.1, -0.05) is 37.6 Å². The number of phenolic OH excluding ortho intramolecular Hbond substituents is 1. The van der Waals surface area contributed by atoms with Crippen LogP contribution in [0.1, 0.15) is 31.7 Å². The number of hydrogen-bond donors (Lipinski definition) is 1. The van der Waals surface area contributed by atoms with Gasteiger partial charge in [-0.05, 0) is 24.0 Å². The van der Waals surface area contributed by atoms with Crippen molar-refractivity contribution >= 4 is 11.6 Å². The molecule has 0 aliphatic heterocycles. The fourth-order valence-electron chi connectivity index (χ4n) is 1.15. The Morgan fingerprint density at radius 1 is 1.50 bits per heavy atom. The number of rotatable bonds is 2. The smallest absolute Gasteiger partial charge is 0.137 e. The van der Waals surface area contributed by atoms with Crippen molar-refractivity contribution in [2.24, 2.45) is 0 Å². The van der Waals surface area contributed by atoms with E-state index in [4.69, 9.17) is 11.6 Å². The summed E-state index contributed by atoms with van der Waals surface area (Å²) in [6.07, 6.45) is 1.01. The fraction of sp³-hybridized carbons (Fsp3) is 0.400. The minimum atomic E-state index is 0.230. The van der Waals surface area contributed by atoms with E-state index in [0.29, 0.717) is 10.9 Å². The van der Waals surface area contributed by atoms with E-state index in [1.54, 1.807) is 6.07 Å². The third kappa shape index (κ3) is 1.72. The molecule has 1 atom stereocenters. The van der Waals surface area contributed by atoms with Gasteiger partial charge >= 0.3 is 0 Å². The Kier molecular flexibility index (Phi) is 2.99. The largest absolute Gasteiger partial charge is 0.506 e. The van der Waals surface area contributed by atoms with Crippen molar-refractivity contribution in [2.45, 2.75) is 26.2 Å². The summed E-state index contributed by atoms with van der Waals surface area (Å²) < 4.78 is 0. The summed E-state index contributed by atoms with van der Waals surface area (Å²) in [6.45, 7) is 4.16. The molecule has 0 fully saturated rings. The first kappa shape index (κ1) is 9.40. The molecule has 0 saturated carbocycles. The van der Waals surface area contributed by atoms with Crippen LogP contribution in [0.4, 0.5) is 0 Å². The predicted molar refractivity (Wildman–Crippen MR) is 51.8 cm³/mol. The monoisotopic (exact) mass is 184 g/mol. The summed E-state index contributed by atoms with van der Waals surface area (Å²) in [5.41, 5.74) is 0.935. The third-order valence-electron chi connectivity index (χ3n) is 2.16. The van der Waals surface area contributed by atoms with Crippen molar-refractivity contribution < 1.29 is 5.11 Å². The van der Waals surface area contributed by atoms with Crippen LogP contribution >= 0.6 is 11.6 Å². The molecule has 1 aromatic rings. The van der Waals surface area contributed by atoms with Crippen molar-refractivity contribution in [1.82, 2.24) is 0 Å². The number of hydrogen-bond acceptors (Lipinski definition) is 1. The molecule has 0 aliphatic rings. The number of aromatic hydroxyl groups is 1. The first-order valence-corrected chi connectivity index (χ1v) is 4.52. The number of halogens is 1. The molecule has 1 rings (SSSR count). The molecule has 0 spiro atoms. The van der Waals surface area contributed by atoms with Gasteiger partial charge in [0.15, 0.2) is 0 Å². The van der Waals surface area contributed by atoms with Crippen LogP contribution in [0.15, 0.2) is 18.2 Å². The van der Waals surface area contributed by atoms with E-state index in [-0.39, 0.29) is 5.75 Å². The number of benzene rings is 1. The Morgan fingerprint density at radius 2 is 2.17 bits per heavy atom. The lowest BCUT2D eigenvalue weighted by Crippen LogP contribution is -1.91. The highest BCUT2D eigenvalue weighted by Crippen LogP contribution is 2.33.